The molecule has 0 saturated carbocycles. The van der Waals surface area contributed by atoms with Crippen molar-refractivity contribution in [3.8, 4) is 0 Å². The van der Waals surface area contributed by atoms with E-state index >= 15 is 0 Å². The fourth-order valence-electron chi connectivity index (χ4n) is 9.97. The average Bonchev–Trinajstić information content (AvgIpc) is 3.39. The summed E-state index contributed by atoms with van der Waals surface area (Å²) in [4.78, 5) is 38.3. The molecule has 430 valence electrons. The summed E-state index contributed by atoms with van der Waals surface area (Å²) in [6.45, 7) is 6.69. The minimum Gasteiger partial charge on any atom is -0.462 e. The number of unbranched alkanes of at least 4 members (excludes halogenated alkanes) is 46. The first kappa shape index (κ1) is 70.9. The molecule has 0 aliphatic heterocycles. The van der Waals surface area contributed by atoms with Gasteiger partial charge in [-0.3, -0.25) is 14.4 Å². The Morgan fingerprint density at radius 2 is 0.452 bits per heavy atom. The Morgan fingerprint density at radius 3 is 0.685 bits per heavy atom. The molecule has 0 radical (unpaired) electrons. The van der Waals surface area contributed by atoms with E-state index < -0.39 is 6.10 Å². The average molecular weight is 1030 g/mol. The van der Waals surface area contributed by atoms with Crippen LogP contribution >= 0.6 is 0 Å². The van der Waals surface area contributed by atoms with Crippen LogP contribution in [-0.2, 0) is 28.6 Å². The third-order valence-corrected chi connectivity index (χ3v) is 14.9. The molecule has 0 aliphatic rings. The topological polar surface area (TPSA) is 78.9 Å². The molecule has 0 saturated heterocycles. The lowest BCUT2D eigenvalue weighted by molar-refractivity contribution is -0.167. The molecule has 0 N–H and O–H groups in total. The molecule has 1 atom stereocenters. The maximum atomic E-state index is 12.9. The lowest BCUT2D eigenvalue weighted by atomic mass is 10.0. The van der Waals surface area contributed by atoms with Crippen molar-refractivity contribution < 1.29 is 28.6 Å². The van der Waals surface area contributed by atoms with Gasteiger partial charge in [0.15, 0.2) is 6.10 Å². The first-order valence-electron chi connectivity index (χ1n) is 32.8. The summed E-state index contributed by atoms with van der Waals surface area (Å²) in [5.74, 6) is -0.845. The van der Waals surface area contributed by atoms with Crippen molar-refractivity contribution in [2.75, 3.05) is 13.2 Å². The van der Waals surface area contributed by atoms with E-state index in [4.69, 9.17) is 14.2 Å². The van der Waals surface area contributed by atoms with Crippen molar-refractivity contribution in [3.05, 3.63) is 24.3 Å². The highest BCUT2D eigenvalue weighted by Gasteiger charge is 2.19. The molecule has 73 heavy (non-hydrogen) atoms. The number of allylic oxidation sites excluding steroid dienone is 4. The van der Waals surface area contributed by atoms with Crippen molar-refractivity contribution in [1.29, 1.82) is 0 Å². The number of hydrogen-bond donors (Lipinski definition) is 0. The molecule has 0 aromatic heterocycles. The first-order valence-corrected chi connectivity index (χ1v) is 32.8. The fraction of sp³-hybridized carbons (Fsp3) is 0.896. The summed E-state index contributed by atoms with van der Waals surface area (Å²) in [5.41, 5.74) is 0. The number of rotatable bonds is 61. The van der Waals surface area contributed by atoms with Gasteiger partial charge < -0.3 is 14.2 Å². The van der Waals surface area contributed by atoms with Crippen LogP contribution in [0, 0.1) is 0 Å². The van der Waals surface area contributed by atoms with E-state index in [2.05, 4.69) is 45.1 Å². The largest absolute Gasteiger partial charge is 0.462 e. The number of carbonyl (C=O) groups is 3. The molecule has 6 nitrogen and oxygen atoms in total. The van der Waals surface area contributed by atoms with E-state index in [9.17, 15) is 14.4 Å². The quantitative estimate of drug-likeness (QED) is 0.0261. The van der Waals surface area contributed by atoms with Gasteiger partial charge in [-0.1, -0.05) is 302 Å². The minimum absolute atomic E-state index is 0.0672. The van der Waals surface area contributed by atoms with Crippen LogP contribution in [0.25, 0.3) is 0 Å². The maximum absolute atomic E-state index is 12.9. The van der Waals surface area contributed by atoms with Crippen LogP contribution in [-0.4, -0.2) is 37.2 Å². The molecule has 0 aliphatic carbocycles. The number of carbonyl (C=O) groups excluding carboxylic acids is 3. The molecule has 6 heteroatoms. The van der Waals surface area contributed by atoms with E-state index in [1.54, 1.807) is 0 Å². The van der Waals surface area contributed by atoms with Gasteiger partial charge in [0.25, 0.3) is 0 Å². The SMILES string of the molecule is CCCCCCCCCC/C=C\CCCCCCCCCCCCCC(=O)OCC(COC(=O)CCCCCCCCCCCCC)OC(=O)CCCCCCCCCCC/C=C\CCCCCCCCCC. The zero-order chi connectivity index (χ0) is 52.9. The second-order valence-electron chi connectivity index (χ2n) is 22.4. The van der Waals surface area contributed by atoms with E-state index in [1.807, 2.05) is 0 Å². The summed E-state index contributed by atoms with van der Waals surface area (Å²) < 4.78 is 16.9. The van der Waals surface area contributed by atoms with Crippen LogP contribution in [0.15, 0.2) is 24.3 Å². The van der Waals surface area contributed by atoms with Crippen LogP contribution in [0.2, 0.25) is 0 Å². The molecule has 0 heterocycles. The van der Waals surface area contributed by atoms with Crippen LogP contribution in [0.4, 0.5) is 0 Å². The molecule has 0 rings (SSSR count). The van der Waals surface area contributed by atoms with Crippen molar-refractivity contribution in [3.63, 3.8) is 0 Å². The zero-order valence-electron chi connectivity index (χ0n) is 49.4. The number of esters is 3. The van der Waals surface area contributed by atoms with Gasteiger partial charge in [-0.15, -0.1) is 0 Å². The van der Waals surface area contributed by atoms with Crippen molar-refractivity contribution >= 4 is 17.9 Å². The van der Waals surface area contributed by atoms with Gasteiger partial charge in [-0.2, -0.15) is 0 Å². The lowest BCUT2D eigenvalue weighted by Crippen LogP contribution is -2.30. The van der Waals surface area contributed by atoms with Gasteiger partial charge in [0.1, 0.15) is 13.2 Å². The second kappa shape index (κ2) is 62.4. The predicted molar refractivity (Wildman–Crippen MR) is 316 cm³/mol. The summed E-state index contributed by atoms with van der Waals surface area (Å²) in [6, 6.07) is 0. The van der Waals surface area contributed by atoms with Crippen LogP contribution in [0.1, 0.15) is 367 Å². The fourth-order valence-corrected chi connectivity index (χ4v) is 9.97. The normalized spacial score (nSPS) is 12.1. The predicted octanol–water partition coefficient (Wildman–Crippen LogP) is 22.2. The smallest absolute Gasteiger partial charge is 0.306 e. The van der Waals surface area contributed by atoms with Crippen molar-refractivity contribution in [2.24, 2.45) is 0 Å². The zero-order valence-corrected chi connectivity index (χ0v) is 49.4. The first-order chi connectivity index (χ1) is 36.0. The van der Waals surface area contributed by atoms with E-state index in [0.717, 1.165) is 57.8 Å². The third kappa shape index (κ3) is 60.6. The summed E-state index contributed by atoms with van der Waals surface area (Å²) in [6.07, 6.45) is 74.8. The van der Waals surface area contributed by atoms with Crippen LogP contribution < -0.4 is 0 Å². The maximum Gasteiger partial charge on any atom is 0.306 e. The van der Waals surface area contributed by atoms with Gasteiger partial charge >= 0.3 is 17.9 Å². The van der Waals surface area contributed by atoms with E-state index in [1.165, 1.54) is 270 Å². The van der Waals surface area contributed by atoms with Gasteiger partial charge in [0, 0.05) is 19.3 Å². The number of hydrogen-bond acceptors (Lipinski definition) is 6. The molecule has 0 aromatic rings. The lowest BCUT2D eigenvalue weighted by Gasteiger charge is -2.18. The molecule has 0 aromatic carbocycles. The molecule has 1 unspecified atom stereocenters. The molecular weight excluding hydrogens is 901 g/mol. The van der Waals surface area contributed by atoms with E-state index in [-0.39, 0.29) is 31.1 Å². The highest BCUT2D eigenvalue weighted by atomic mass is 16.6. The Labute approximate surface area is 455 Å². The standard InChI is InChI=1S/C67H126O6/c1-4-7-10-13-16-19-22-24-26-28-30-32-33-35-36-38-40-42-45-48-51-54-57-60-66(69)72-63-64(62-71-65(68)59-56-53-50-47-44-21-18-15-12-9-6-3)73-67(70)61-58-55-52-49-46-43-41-39-37-34-31-29-27-25-23-20-17-14-11-8-5-2/h28-31,64H,4-27,32-63H2,1-3H3/b30-28-,31-29-. The summed E-state index contributed by atoms with van der Waals surface area (Å²) in [7, 11) is 0. The molecule has 0 spiro atoms. The van der Waals surface area contributed by atoms with Crippen LogP contribution in [0.3, 0.4) is 0 Å². The second-order valence-corrected chi connectivity index (χ2v) is 22.4. The summed E-state index contributed by atoms with van der Waals surface area (Å²) >= 11 is 0. The summed E-state index contributed by atoms with van der Waals surface area (Å²) in [5, 5.41) is 0. The van der Waals surface area contributed by atoms with Crippen LogP contribution in [0.5, 0.6) is 0 Å². The molecule has 0 bridgehead atoms. The Morgan fingerprint density at radius 1 is 0.260 bits per heavy atom. The highest BCUT2D eigenvalue weighted by molar-refractivity contribution is 5.71. The number of ether oxygens (including phenoxy) is 3. The Bertz CT molecular complexity index is 1180. The third-order valence-electron chi connectivity index (χ3n) is 14.9. The Kier molecular flexibility index (Phi) is 60.6. The van der Waals surface area contributed by atoms with Gasteiger partial charge in [0.05, 0.1) is 0 Å². The van der Waals surface area contributed by atoms with Gasteiger partial charge in [0.2, 0.25) is 0 Å². The molecular formula is C67H126O6. The molecule has 0 fully saturated rings. The minimum atomic E-state index is -0.769. The van der Waals surface area contributed by atoms with Crippen molar-refractivity contribution in [2.45, 2.75) is 374 Å². The Hall–Kier alpha value is -2.11. The van der Waals surface area contributed by atoms with Gasteiger partial charge in [-0.25, -0.2) is 0 Å². The van der Waals surface area contributed by atoms with Crippen molar-refractivity contribution in [1.82, 2.24) is 0 Å². The van der Waals surface area contributed by atoms with Gasteiger partial charge in [-0.05, 0) is 70.6 Å². The monoisotopic (exact) mass is 1030 g/mol. The van der Waals surface area contributed by atoms with E-state index in [0.29, 0.717) is 19.3 Å². The highest BCUT2D eigenvalue weighted by Crippen LogP contribution is 2.17. The molecule has 0 amide bonds. The Balaban J connectivity index is 4.22.